The Morgan fingerprint density at radius 3 is 1.95 bits per heavy atom. The van der Waals surface area contributed by atoms with Gasteiger partial charge in [-0.2, -0.15) is 0 Å². The Morgan fingerprint density at radius 1 is 1.14 bits per heavy atom. The molecule has 1 rings (SSSR count). The molecule has 7 heteroatoms. The highest BCUT2D eigenvalue weighted by molar-refractivity contribution is 5.91. The first-order chi connectivity index (χ1) is 9.44. The molecule has 21 heavy (non-hydrogen) atoms. The number of rotatable bonds is 1. The first-order valence-electron chi connectivity index (χ1n) is 6.47. The van der Waals surface area contributed by atoms with Crippen LogP contribution >= 0.6 is 0 Å². The minimum Gasteiger partial charge on any atom is -0.465 e. The Kier molecular flexibility index (Phi) is 6.91. The summed E-state index contributed by atoms with van der Waals surface area (Å²) in [6, 6.07) is 0. The van der Waals surface area contributed by atoms with E-state index in [9.17, 15) is 14.4 Å². The molecule has 0 saturated carbocycles. The summed E-state index contributed by atoms with van der Waals surface area (Å²) < 4.78 is 5.09. The highest BCUT2D eigenvalue weighted by Gasteiger charge is 2.29. The van der Waals surface area contributed by atoms with Crippen molar-refractivity contribution < 1.29 is 24.2 Å². The number of amides is 2. The summed E-state index contributed by atoms with van der Waals surface area (Å²) in [6.07, 6.45) is 1.21. The summed E-state index contributed by atoms with van der Waals surface area (Å²) in [5.41, 5.74) is -0.117. The van der Waals surface area contributed by atoms with E-state index in [1.807, 2.05) is 13.8 Å². The van der Waals surface area contributed by atoms with E-state index in [-0.39, 0.29) is 11.2 Å². The van der Waals surface area contributed by atoms with Crippen LogP contribution in [0, 0.1) is 5.41 Å². The van der Waals surface area contributed by atoms with Gasteiger partial charge >= 0.3 is 12.2 Å². The Bertz CT molecular complexity index is 439. The molecule has 0 radical (unpaired) electrons. The summed E-state index contributed by atoms with van der Waals surface area (Å²) in [5.74, 6) is 0.489. The van der Waals surface area contributed by atoms with Crippen molar-refractivity contribution in [2.24, 2.45) is 5.41 Å². The fourth-order valence-corrected chi connectivity index (χ4v) is 1.56. The van der Waals surface area contributed by atoms with Gasteiger partial charge in [0.25, 0.3) is 0 Å². The molecule has 0 saturated heterocycles. The van der Waals surface area contributed by atoms with E-state index in [1.54, 1.807) is 14.1 Å². The van der Waals surface area contributed by atoms with Crippen molar-refractivity contribution in [2.75, 3.05) is 28.2 Å². The molecule has 0 aliphatic heterocycles. The molecule has 7 nitrogen and oxygen atoms in total. The van der Waals surface area contributed by atoms with Crippen LogP contribution in [0.1, 0.15) is 26.7 Å². The fraction of sp³-hybridized carbons (Fsp3) is 0.643. The zero-order valence-electron chi connectivity index (χ0n) is 13.5. The molecule has 2 amide bonds. The Balaban J connectivity index is 0.000000567. The fourth-order valence-electron chi connectivity index (χ4n) is 1.56. The highest BCUT2D eigenvalue weighted by atomic mass is 16.6. The molecule has 1 aliphatic carbocycles. The van der Waals surface area contributed by atoms with Crippen LogP contribution in [-0.4, -0.2) is 61.1 Å². The van der Waals surface area contributed by atoms with E-state index >= 15 is 0 Å². The van der Waals surface area contributed by atoms with Gasteiger partial charge in [-0.3, -0.25) is 4.79 Å². The minimum atomic E-state index is -0.907. The van der Waals surface area contributed by atoms with E-state index in [1.165, 1.54) is 25.1 Å². The van der Waals surface area contributed by atoms with Crippen LogP contribution in [0.25, 0.3) is 0 Å². The van der Waals surface area contributed by atoms with Crippen molar-refractivity contribution in [3.05, 3.63) is 11.8 Å². The molecule has 0 heterocycles. The van der Waals surface area contributed by atoms with Crippen LogP contribution in [0.15, 0.2) is 11.8 Å². The Morgan fingerprint density at radius 2 is 1.62 bits per heavy atom. The van der Waals surface area contributed by atoms with E-state index in [0.717, 1.165) is 4.90 Å². The van der Waals surface area contributed by atoms with Gasteiger partial charge in [-0.25, -0.2) is 9.59 Å². The maximum atomic E-state index is 11.4. The highest BCUT2D eigenvalue weighted by Crippen LogP contribution is 2.34. The van der Waals surface area contributed by atoms with Crippen molar-refractivity contribution in [2.45, 2.75) is 26.7 Å². The topological polar surface area (TPSA) is 87.2 Å². The van der Waals surface area contributed by atoms with Gasteiger partial charge < -0.3 is 19.6 Å². The average molecular weight is 300 g/mol. The number of hydrogen-bond donors (Lipinski definition) is 1. The van der Waals surface area contributed by atoms with Crippen molar-refractivity contribution in [1.29, 1.82) is 0 Å². The second-order valence-corrected chi connectivity index (χ2v) is 6.03. The minimum absolute atomic E-state index is 0.0211. The third-order valence-corrected chi connectivity index (χ3v) is 2.59. The number of carbonyl (C=O) groups is 3. The first-order valence-corrected chi connectivity index (χ1v) is 6.47. The number of ketones is 1. The zero-order valence-corrected chi connectivity index (χ0v) is 13.5. The lowest BCUT2D eigenvalue weighted by atomic mass is 9.79. The average Bonchev–Trinajstić information content (AvgIpc) is 2.26. The molecule has 0 aromatic rings. The second-order valence-electron chi connectivity index (χ2n) is 6.03. The zero-order chi connectivity index (χ0) is 16.8. The third kappa shape index (κ3) is 7.96. The smallest absolute Gasteiger partial charge is 0.414 e. The first kappa shape index (κ1) is 18.9. The van der Waals surface area contributed by atoms with E-state index in [4.69, 9.17) is 9.84 Å². The van der Waals surface area contributed by atoms with Crippen molar-refractivity contribution >= 4 is 18.0 Å². The Labute approximate surface area is 125 Å². The van der Waals surface area contributed by atoms with Crippen molar-refractivity contribution in [3.8, 4) is 0 Å². The standard InChI is InChI=1S/C11H17NO3.C3H7NO2/c1-11(2)6-8(13)5-9(7-11)15-10(14)12(3)4;1-4(2)3(5)6/h5H,6-7H2,1-4H3;1-2H3,(H,5,6). The molecule has 0 fully saturated rings. The Hall–Kier alpha value is -2.05. The van der Waals surface area contributed by atoms with E-state index < -0.39 is 12.2 Å². The van der Waals surface area contributed by atoms with Gasteiger partial charge in [0.1, 0.15) is 5.76 Å². The van der Waals surface area contributed by atoms with Gasteiger partial charge in [0, 0.05) is 47.1 Å². The molecule has 0 bridgehead atoms. The number of carbonyl (C=O) groups excluding carboxylic acids is 2. The summed E-state index contributed by atoms with van der Waals surface area (Å²) in [5, 5.41) is 7.92. The SMILES string of the molecule is CN(C)C(=O)O.CN(C)C(=O)OC1=CC(=O)CC(C)(C)C1. The van der Waals surface area contributed by atoms with Crippen molar-refractivity contribution in [3.63, 3.8) is 0 Å². The van der Waals surface area contributed by atoms with Gasteiger partial charge in [0.05, 0.1) is 0 Å². The number of nitrogens with zero attached hydrogens (tertiary/aromatic N) is 2. The predicted octanol–water partition coefficient (Wildman–Crippen LogP) is 2.18. The van der Waals surface area contributed by atoms with E-state index in [0.29, 0.717) is 18.6 Å². The van der Waals surface area contributed by atoms with Crippen LogP contribution in [0.4, 0.5) is 9.59 Å². The molecule has 120 valence electrons. The lowest BCUT2D eigenvalue weighted by Gasteiger charge is -2.28. The molecule has 0 aromatic heterocycles. The summed E-state index contributed by atoms with van der Waals surface area (Å²) in [4.78, 5) is 34.7. The normalized spacial score (nSPS) is 16.1. The van der Waals surface area contributed by atoms with Crippen LogP contribution in [-0.2, 0) is 9.53 Å². The molecule has 0 unspecified atom stereocenters. The molecular weight excluding hydrogens is 276 g/mol. The molecule has 0 aromatic carbocycles. The molecular formula is C14H24N2O5. The lowest BCUT2D eigenvalue weighted by molar-refractivity contribution is -0.117. The van der Waals surface area contributed by atoms with Crippen LogP contribution < -0.4 is 0 Å². The summed E-state index contributed by atoms with van der Waals surface area (Å²) in [6.45, 7) is 3.97. The second kappa shape index (κ2) is 7.66. The quantitative estimate of drug-likeness (QED) is 0.802. The number of carboxylic acid groups (broad SMARTS) is 1. The van der Waals surface area contributed by atoms with Crippen LogP contribution in [0.3, 0.4) is 0 Å². The molecule has 1 aliphatic rings. The number of ether oxygens (including phenoxy) is 1. The van der Waals surface area contributed by atoms with Gasteiger partial charge in [-0.05, 0) is 5.41 Å². The van der Waals surface area contributed by atoms with Crippen LogP contribution in [0.2, 0.25) is 0 Å². The maximum absolute atomic E-state index is 11.4. The van der Waals surface area contributed by atoms with Crippen LogP contribution in [0.5, 0.6) is 0 Å². The number of hydrogen-bond acceptors (Lipinski definition) is 4. The largest absolute Gasteiger partial charge is 0.465 e. The maximum Gasteiger partial charge on any atom is 0.414 e. The van der Waals surface area contributed by atoms with Crippen molar-refractivity contribution in [1.82, 2.24) is 9.80 Å². The van der Waals surface area contributed by atoms with Gasteiger partial charge in [-0.15, -0.1) is 0 Å². The molecule has 0 atom stereocenters. The van der Waals surface area contributed by atoms with Gasteiger partial charge in [0.2, 0.25) is 0 Å². The van der Waals surface area contributed by atoms with Gasteiger partial charge in [0.15, 0.2) is 5.78 Å². The summed E-state index contributed by atoms with van der Waals surface area (Å²) >= 11 is 0. The molecule has 0 spiro atoms. The lowest BCUT2D eigenvalue weighted by Crippen LogP contribution is -2.27. The third-order valence-electron chi connectivity index (χ3n) is 2.59. The monoisotopic (exact) mass is 300 g/mol. The predicted molar refractivity (Wildman–Crippen MR) is 78.0 cm³/mol. The van der Waals surface area contributed by atoms with E-state index in [2.05, 4.69) is 0 Å². The summed E-state index contributed by atoms with van der Waals surface area (Å²) in [7, 11) is 6.17. The van der Waals surface area contributed by atoms with Gasteiger partial charge in [-0.1, -0.05) is 13.8 Å². The number of allylic oxidation sites excluding steroid dienone is 2. The molecule has 1 N–H and O–H groups in total.